The molecule has 81 heavy (non-hydrogen) atoms. The van der Waals surface area contributed by atoms with E-state index in [2.05, 4.69) is 89.4 Å². The molecule has 0 aromatic carbocycles. The quantitative estimate of drug-likeness (QED) is 0.239. The number of hydrogen-bond donors (Lipinski definition) is 2. The lowest BCUT2D eigenvalue weighted by atomic mass is 9.47. The molecule has 19 unspecified atom stereocenters. The summed E-state index contributed by atoms with van der Waals surface area (Å²) < 4.78 is 0. The SMILES string of the molecule is C.CC12CCC3C(CC=C4CC(=O)C(C5CCCN5)CC43C)C1CCC2=O.CC12CCC3C(CC=C4CC(=O)C(CNCC5CCCC5)CC43C)C1CCC2=O.CN(C)CC1CC2(C)C(=CCC3C4CCC(=O)C4(C)CCC32)CC1=O. The van der Waals surface area contributed by atoms with Crippen LogP contribution in [0.1, 0.15) is 222 Å². The summed E-state index contributed by atoms with van der Waals surface area (Å²) in [5.41, 5.74) is 4.63. The molecule has 14 rings (SSSR count). The first-order valence-electron chi connectivity index (χ1n) is 33.5. The zero-order valence-corrected chi connectivity index (χ0v) is 51.1. The molecule has 2 N–H and O–H groups in total. The second kappa shape index (κ2) is 22.4. The highest BCUT2D eigenvalue weighted by Gasteiger charge is 2.63. The van der Waals surface area contributed by atoms with Crippen molar-refractivity contribution in [2.24, 2.45) is 109 Å². The Kier molecular flexibility index (Phi) is 16.6. The van der Waals surface area contributed by atoms with Crippen molar-refractivity contribution in [2.75, 3.05) is 40.3 Å². The van der Waals surface area contributed by atoms with Gasteiger partial charge in [-0.2, -0.15) is 0 Å². The van der Waals surface area contributed by atoms with Gasteiger partial charge in [0.2, 0.25) is 0 Å². The summed E-state index contributed by atoms with van der Waals surface area (Å²) in [4.78, 5) is 78.3. The van der Waals surface area contributed by atoms with Crippen LogP contribution in [0.3, 0.4) is 0 Å². The topological polar surface area (TPSA) is 130 Å². The molecule has 9 nitrogen and oxygen atoms in total. The van der Waals surface area contributed by atoms with Gasteiger partial charge >= 0.3 is 0 Å². The average molecular weight is 1110 g/mol. The largest absolute Gasteiger partial charge is 0.316 e. The highest BCUT2D eigenvalue weighted by molar-refractivity contribution is 5.90. The molecule has 0 spiro atoms. The average Bonchev–Trinajstić information content (AvgIpc) is 2.93. The van der Waals surface area contributed by atoms with Crippen molar-refractivity contribution in [1.82, 2.24) is 15.5 Å². The summed E-state index contributed by atoms with van der Waals surface area (Å²) in [7, 11) is 4.14. The van der Waals surface area contributed by atoms with Crippen molar-refractivity contribution in [2.45, 2.75) is 228 Å². The molecule has 1 heterocycles. The van der Waals surface area contributed by atoms with E-state index in [1.54, 1.807) is 0 Å². The van der Waals surface area contributed by atoms with Gasteiger partial charge in [0.25, 0.3) is 0 Å². The van der Waals surface area contributed by atoms with E-state index in [4.69, 9.17) is 0 Å². The third-order valence-electron chi connectivity index (χ3n) is 27.9. The van der Waals surface area contributed by atoms with E-state index in [0.29, 0.717) is 113 Å². The second-order valence-corrected chi connectivity index (χ2v) is 31.8. The predicted octanol–water partition coefficient (Wildman–Crippen LogP) is 13.7. The van der Waals surface area contributed by atoms with Crippen molar-refractivity contribution in [3.63, 3.8) is 0 Å². The van der Waals surface area contributed by atoms with Crippen molar-refractivity contribution in [3.8, 4) is 0 Å². The van der Waals surface area contributed by atoms with Crippen molar-refractivity contribution in [3.05, 3.63) is 34.9 Å². The van der Waals surface area contributed by atoms with Gasteiger partial charge in [0.05, 0.1) is 0 Å². The molecule has 10 saturated carbocycles. The number of nitrogens with zero attached hydrogens (tertiary/aromatic N) is 1. The lowest BCUT2D eigenvalue weighted by molar-refractivity contribution is -0.134. The fourth-order valence-corrected chi connectivity index (χ4v) is 23.1. The molecule has 0 radical (unpaired) electrons. The van der Waals surface area contributed by atoms with Crippen LogP contribution < -0.4 is 10.6 Å². The Hall–Kier alpha value is -2.88. The Morgan fingerprint density at radius 1 is 0.481 bits per heavy atom. The number of nitrogens with one attached hydrogen (secondary N) is 2. The predicted molar refractivity (Wildman–Crippen MR) is 323 cm³/mol. The number of fused-ring (bicyclic) bond motifs is 15. The minimum absolute atomic E-state index is 0. The Bertz CT molecular complexity index is 2580. The number of carbonyl (C=O) groups is 6. The van der Waals surface area contributed by atoms with Crippen LogP contribution in [0.15, 0.2) is 34.9 Å². The fourth-order valence-electron chi connectivity index (χ4n) is 23.1. The van der Waals surface area contributed by atoms with Crippen LogP contribution >= 0.6 is 0 Å². The highest BCUT2D eigenvalue weighted by atomic mass is 16.1. The molecule has 0 aromatic heterocycles. The maximum Gasteiger partial charge on any atom is 0.141 e. The summed E-state index contributed by atoms with van der Waals surface area (Å²) in [5, 5.41) is 7.28. The van der Waals surface area contributed by atoms with Gasteiger partial charge in [0.1, 0.15) is 34.7 Å². The molecular formula is C72H109N3O6. The molecule has 0 amide bonds. The van der Waals surface area contributed by atoms with Crippen LogP contribution in [0.4, 0.5) is 0 Å². The molecule has 1 saturated heterocycles. The number of allylic oxidation sites excluding steroid dienone is 6. The van der Waals surface area contributed by atoms with Crippen LogP contribution in [0.2, 0.25) is 0 Å². The molecular weight excluding hydrogens is 1000 g/mol. The van der Waals surface area contributed by atoms with Gasteiger partial charge in [0.15, 0.2) is 0 Å². The summed E-state index contributed by atoms with van der Waals surface area (Å²) in [5.74, 6) is 9.97. The van der Waals surface area contributed by atoms with Crippen molar-refractivity contribution < 1.29 is 28.8 Å². The Morgan fingerprint density at radius 3 is 1.32 bits per heavy atom. The fraction of sp³-hybridized carbons (Fsp3) is 0.833. The van der Waals surface area contributed by atoms with Crippen molar-refractivity contribution in [1.29, 1.82) is 0 Å². The van der Waals surface area contributed by atoms with Crippen LogP contribution in [-0.4, -0.2) is 85.9 Å². The molecule has 9 heteroatoms. The zero-order valence-electron chi connectivity index (χ0n) is 51.1. The molecule has 0 bridgehead atoms. The van der Waals surface area contributed by atoms with Crippen LogP contribution in [0.5, 0.6) is 0 Å². The Morgan fingerprint density at radius 2 is 0.889 bits per heavy atom. The first kappa shape index (κ1) is 59.8. The number of rotatable bonds is 7. The Labute approximate surface area is 489 Å². The second-order valence-electron chi connectivity index (χ2n) is 31.8. The first-order chi connectivity index (χ1) is 38.1. The lowest BCUT2D eigenvalue weighted by Crippen LogP contribution is -2.53. The van der Waals surface area contributed by atoms with Crippen LogP contribution in [0, 0.1) is 109 Å². The number of Topliss-reactive ketones (excluding diaryl/α,β-unsaturated/α-hetero) is 6. The molecule has 19 atom stereocenters. The summed E-state index contributed by atoms with van der Waals surface area (Å²) >= 11 is 0. The van der Waals surface area contributed by atoms with E-state index < -0.39 is 0 Å². The summed E-state index contributed by atoms with van der Waals surface area (Å²) in [6, 6.07) is 0.406. The molecule has 11 fully saturated rings. The zero-order chi connectivity index (χ0) is 56.3. The monoisotopic (exact) mass is 1110 g/mol. The molecule has 448 valence electrons. The van der Waals surface area contributed by atoms with Crippen LogP contribution in [0.25, 0.3) is 0 Å². The normalized spacial score (nSPS) is 46.8. The van der Waals surface area contributed by atoms with Gasteiger partial charge in [-0.1, -0.05) is 96.8 Å². The summed E-state index contributed by atoms with van der Waals surface area (Å²) in [6.07, 6.45) is 35.9. The first-order valence-corrected chi connectivity index (χ1v) is 33.5. The minimum atomic E-state index is -0.0599. The van der Waals surface area contributed by atoms with E-state index in [0.717, 1.165) is 135 Å². The third kappa shape index (κ3) is 10.0. The molecule has 14 aliphatic rings. The lowest BCUT2D eigenvalue weighted by Gasteiger charge is -2.57. The maximum atomic E-state index is 12.9. The minimum Gasteiger partial charge on any atom is -0.316 e. The maximum absolute atomic E-state index is 12.9. The van der Waals surface area contributed by atoms with E-state index in [-0.39, 0.29) is 57.7 Å². The molecule has 1 aliphatic heterocycles. The van der Waals surface area contributed by atoms with E-state index >= 15 is 0 Å². The highest BCUT2D eigenvalue weighted by Crippen LogP contribution is 2.68. The van der Waals surface area contributed by atoms with E-state index in [9.17, 15) is 28.8 Å². The van der Waals surface area contributed by atoms with Gasteiger partial charge in [-0.05, 0) is 225 Å². The third-order valence-corrected chi connectivity index (χ3v) is 27.9. The van der Waals surface area contributed by atoms with Crippen LogP contribution in [-0.2, 0) is 28.8 Å². The summed E-state index contributed by atoms with van der Waals surface area (Å²) in [6.45, 7) is 18.0. The molecule has 0 aromatic rings. The van der Waals surface area contributed by atoms with Gasteiger partial charge in [-0.25, -0.2) is 0 Å². The smallest absolute Gasteiger partial charge is 0.141 e. The van der Waals surface area contributed by atoms with Gasteiger partial charge < -0.3 is 15.5 Å². The standard InChI is InChI=1S/C26H39NO2.C23H33NO2.C22H33NO2.CH4/c1-25-12-11-22-20(21(25)9-10-24(25)29)8-7-19-13-23(28)18(14-26(19,22)2)16-27-15-17-5-3-4-6-17;1-22-10-9-18-15(17(22)7-8-21(22)26)6-5-14-12-20(25)16(13-23(14,18)2)19-4-3-11-24-19;1-21-10-9-18-16(17(21)7-8-20(21)25)6-5-15-11-19(24)14(13-23(3)4)12-22(15,18)2;/h7,17-18,20-22,27H,3-6,8-16H2,1-2H3;5,15-19,24H,3-4,6-13H2,1-2H3;5,14,16-18H,6-13H2,1-4H3;1H4. The van der Waals surface area contributed by atoms with Crippen molar-refractivity contribution >= 4 is 34.7 Å². The molecule has 13 aliphatic carbocycles. The van der Waals surface area contributed by atoms with Gasteiger partial charge in [-0.3, -0.25) is 28.8 Å². The van der Waals surface area contributed by atoms with Gasteiger partial charge in [0, 0.05) is 91.7 Å². The van der Waals surface area contributed by atoms with E-state index in [1.807, 2.05) is 0 Å². The number of carbonyl (C=O) groups excluding carboxylic acids is 6. The van der Waals surface area contributed by atoms with Gasteiger partial charge in [-0.15, -0.1) is 0 Å². The number of hydrogen-bond acceptors (Lipinski definition) is 9. The number of ketones is 6. The van der Waals surface area contributed by atoms with E-state index in [1.165, 1.54) is 68.1 Å². The Balaban J connectivity index is 0.000000127.